The molecule has 1 N–H and O–H groups in total. The summed E-state index contributed by atoms with van der Waals surface area (Å²) in [5, 5.41) is 20.4. The van der Waals surface area contributed by atoms with E-state index in [2.05, 4.69) is 4.98 Å². The molecule has 0 radical (unpaired) electrons. The smallest absolute Gasteiger partial charge is 0.417 e. The molecule has 0 aliphatic carbocycles. The minimum Gasteiger partial charge on any atom is -0.439 e. The van der Waals surface area contributed by atoms with Gasteiger partial charge >= 0.3 is 6.18 Å². The van der Waals surface area contributed by atoms with Gasteiger partial charge in [0.2, 0.25) is 5.89 Å². The first-order valence-corrected chi connectivity index (χ1v) is 7.23. The monoisotopic (exact) mass is 345 g/mol. The number of nitro benzene ring substituents is 1. The van der Waals surface area contributed by atoms with E-state index in [1.807, 2.05) is 0 Å². The van der Waals surface area contributed by atoms with Crippen LogP contribution in [0.1, 0.15) is 18.7 Å². The highest BCUT2D eigenvalue weighted by Gasteiger charge is 2.54. The Morgan fingerprint density at radius 3 is 2.62 bits per heavy atom. The van der Waals surface area contributed by atoms with Gasteiger partial charge in [-0.1, -0.05) is 0 Å². The number of benzene rings is 1. The molecule has 1 aromatic carbocycles. The number of likely N-dealkylation sites (tertiary alicyclic amines) is 1. The summed E-state index contributed by atoms with van der Waals surface area (Å²) in [6.45, 7) is 0.278. The highest BCUT2D eigenvalue weighted by molar-refractivity contribution is 5.75. The van der Waals surface area contributed by atoms with Crippen LogP contribution < -0.4 is 0 Å². The number of non-ortho nitro benzene ring substituents is 1. The highest BCUT2D eigenvalue weighted by atomic mass is 19.4. The average molecular weight is 345 g/mol. The van der Waals surface area contributed by atoms with E-state index in [1.165, 1.54) is 18.2 Å². The van der Waals surface area contributed by atoms with E-state index in [-0.39, 0.29) is 31.2 Å². The Morgan fingerprint density at radius 1 is 1.38 bits per heavy atom. The maximum Gasteiger partial charge on any atom is 0.417 e. The maximum absolute atomic E-state index is 12.8. The molecule has 0 amide bonds. The van der Waals surface area contributed by atoms with Gasteiger partial charge in [-0.25, -0.2) is 4.98 Å². The Morgan fingerprint density at radius 2 is 2.04 bits per heavy atom. The molecule has 1 aliphatic heterocycles. The van der Waals surface area contributed by atoms with Crippen molar-refractivity contribution in [2.45, 2.75) is 31.2 Å². The van der Waals surface area contributed by atoms with Crippen LogP contribution in [-0.4, -0.2) is 44.8 Å². The highest BCUT2D eigenvalue weighted by Crippen LogP contribution is 2.38. The second-order valence-electron chi connectivity index (χ2n) is 5.82. The molecule has 2 heterocycles. The molecule has 0 saturated carbocycles. The molecule has 0 bridgehead atoms. The summed E-state index contributed by atoms with van der Waals surface area (Å²) < 4.78 is 43.8. The number of aliphatic hydroxyl groups is 1. The number of halogens is 3. The fraction of sp³-hybridized carbons (Fsp3) is 0.500. The molecule has 1 fully saturated rings. The SMILES string of the molecule is O=[N+]([O-])c1ccc2oc(CN3CCC(O)(C(F)(F)F)CC3)nc2c1. The minimum atomic E-state index is -4.64. The summed E-state index contributed by atoms with van der Waals surface area (Å²) in [4.78, 5) is 16.0. The molecule has 1 saturated heterocycles. The Hall–Kier alpha value is -2.20. The number of rotatable bonds is 3. The predicted octanol–water partition coefficient (Wildman–Crippen LogP) is 2.63. The summed E-state index contributed by atoms with van der Waals surface area (Å²) in [7, 11) is 0. The standard InChI is InChI=1S/C14H14F3N3O4/c15-14(16,17)13(21)3-5-19(6-4-13)8-12-18-10-7-9(20(22)23)1-2-11(10)24-12/h1-2,7,21H,3-6,8H2. The van der Waals surface area contributed by atoms with Gasteiger partial charge in [-0.15, -0.1) is 0 Å². The summed E-state index contributed by atoms with van der Waals surface area (Å²) in [5.74, 6) is 0.267. The van der Waals surface area contributed by atoms with Crippen molar-refractivity contribution in [2.24, 2.45) is 0 Å². The van der Waals surface area contributed by atoms with Gasteiger partial charge in [0.05, 0.1) is 11.5 Å². The van der Waals surface area contributed by atoms with Gasteiger partial charge in [0.25, 0.3) is 5.69 Å². The Balaban J connectivity index is 1.69. The molecule has 10 heteroatoms. The lowest BCUT2D eigenvalue weighted by molar-refractivity contribution is -0.384. The van der Waals surface area contributed by atoms with E-state index in [0.717, 1.165) is 0 Å². The Kier molecular flexibility index (Phi) is 3.96. The largest absolute Gasteiger partial charge is 0.439 e. The van der Waals surface area contributed by atoms with Crippen LogP contribution in [0.25, 0.3) is 11.1 Å². The number of oxazole rings is 1. The van der Waals surface area contributed by atoms with Gasteiger partial charge in [0, 0.05) is 25.2 Å². The molecular weight excluding hydrogens is 331 g/mol. The van der Waals surface area contributed by atoms with Crippen LogP contribution in [0, 0.1) is 10.1 Å². The lowest BCUT2D eigenvalue weighted by atomic mass is 9.91. The maximum atomic E-state index is 12.8. The van der Waals surface area contributed by atoms with Crippen molar-refractivity contribution in [1.82, 2.24) is 9.88 Å². The van der Waals surface area contributed by atoms with Crippen LogP contribution in [0.15, 0.2) is 22.6 Å². The summed E-state index contributed by atoms with van der Waals surface area (Å²) in [6, 6.07) is 4.01. The number of fused-ring (bicyclic) bond motifs is 1. The summed E-state index contributed by atoms with van der Waals surface area (Å²) in [6.07, 6.45) is -5.47. The Bertz CT molecular complexity index is 766. The minimum absolute atomic E-state index is 0.0505. The number of alkyl halides is 3. The number of nitro groups is 1. The van der Waals surface area contributed by atoms with Gasteiger partial charge in [0.1, 0.15) is 5.52 Å². The first kappa shape index (κ1) is 16.7. The average Bonchev–Trinajstić information content (AvgIpc) is 2.89. The molecule has 2 aromatic rings. The van der Waals surface area contributed by atoms with Gasteiger partial charge in [0.15, 0.2) is 11.2 Å². The third-order valence-corrected chi connectivity index (χ3v) is 4.20. The number of nitrogens with zero attached hydrogens (tertiary/aromatic N) is 3. The number of piperidine rings is 1. The third kappa shape index (κ3) is 3.06. The quantitative estimate of drug-likeness (QED) is 0.679. The second-order valence-corrected chi connectivity index (χ2v) is 5.82. The molecule has 0 spiro atoms. The third-order valence-electron chi connectivity index (χ3n) is 4.20. The van der Waals surface area contributed by atoms with E-state index in [1.54, 1.807) is 4.90 Å². The fourth-order valence-corrected chi connectivity index (χ4v) is 2.70. The molecule has 24 heavy (non-hydrogen) atoms. The number of hydrogen-bond donors (Lipinski definition) is 1. The van der Waals surface area contributed by atoms with Crippen molar-refractivity contribution in [2.75, 3.05) is 13.1 Å². The molecule has 7 nitrogen and oxygen atoms in total. The van der Waals surface area contributed by atoms with Crippen LogP contribution in [-0.2, 0) is 6.54 Å². The lowest BCUT2D eigenvalue weighted by Crippen LogP contribution is -2.53. The zero-order chi connectivity index (χ0) is 17.5. The van der Waals surface area contributed by atoms with E-state index in [0.29, 0.717) is 11.1 Å². The van der Waals surface area contributed by atoms with E-state index in [4.69, 9.17) is 4.42 Å². The fourth-order valence-electron chi connectivity index (χ4n) is 2.70. The molecule has 1 aliphatic rings. The molecule has 0 unspecified atom stereocenters. The zero-order valence-electron chi connectivity index (χ0n) is 12.4. The zero-order valence-corrected chi connectivity index (χ0v) is 12.4. The van der Waals surface area contributed by atoms with Crippen LogP contribution in [0.2, 0.25) is 0 Å². The molecule has 3 rings (SSSR count). The van der Waals surface area contributed by atoms with Crippen molar-refractivity contribution < 1.29 is 27.6 Å². The van der Waals surface area contributed by atoms with Gasteiger partial charge in [-0.2, -0.15) is 13.2 Å². The Labute approximate surface area is 133 Å². The number of aromatic nitrogens is 1. The first-order chi connectivity index (χ1) is 11.2. The molecular formula is C14H14F3N3O4. The predicted molar refractivity (Wildman–Crippen MR) is 76.2 cm³/mol. The lowest BCUT2D eigenvalue weighted by Gasteiger charge is -2.38. The molecule has 130 valence electrons. The van der Waals surface area contributed by atoms with Crippen molar-refractivity contribution >= 4 is 16.8 Å². The van der Waals surface area contributed by atoms with Crippen LogP contribution in [0.5, 0.6) is 0 Å². The van der Waals surface area contributed by atoms with Gasteiger partial charge < -0.3 is 9.52 Å². The second kappa shape index (κ2) is 5.71. The van der Waals surface area contributed by atoms with E-state index < -0.39 is 29.5 Å². The topological polar surface area (TPSA) is 92.6 Å². The van der Waals surface area contributed by atoms with Crippen molar-refractivity contribution in [3.05, 3.63) is 34.2 Å². The van der Waals surface area contributed by atoms with Gasteiger partial charge in [-0.05, 0) is 18.9 Å². The molecule has 1 aromatic heterocycles. The van der Waals surface area contributed by atoms with Crippen LogP contribution in [0.3, 0.4) is 0 Å². The van der Waals surface area contributed by atoms with Gasteiger partial charge in [-0.3, -0.25) is 15.0 Å². The normalized spacial score (nSPS) is 18.8. The van der Waals surface area contributed by atoms with Crippen molar-refractivity contribution in [3.63, 3.8) is 0 Å². The summed E-state index contributed by atoms with van der Waals surface area (Å²) in [5.41, 5.74) is -2.07. The van der Waals surface area contributed by atoms with E-state index in [9.17, 15) is 28.4 Å². The number of hydrogen-bond acceptors (Lipinski definition) is 6. The van der Waals surface area contributed by atoms with Crippen molar-refractivity contribution in [3.8, 4) is 0 Å². The van der Waals surface area contributed by atoms with Crippen LogP contribution >= 0.6 is 0 Å². The van der Waals surface area contributed by atoms with E-state index >= 15 is 0 Å². The first-order valence-electron chi connectivity index (χ1n) is 7.23. The molecule has 0 atom stereocenters. The van der Waals surface area contributed by atoms with Crippen molar-refractivity contribution in [1.29, 1.82) is 0 Å². The summed E-state index contributed by atoms with van der Waals surface area (Å²) >= 11 is 0. The van der Waals surface area contributed by atoms with Crippen LogP contribution in [0.4, 0.5) is 18.9 Å².